The van der Waals surface area contributed by atoms with E-state index in [1.54, 1.807) is 0 Å². The van der Waals surface area contributed by atoms with Crippen LogP contribution in [0.15, 0.2) is 6.07 Å². The number of halogens is 1. The highest BCUT2D eigenvalue weighted by molar-refractivity contribution is 14.1. The summed E-state index contributed by atoms with van der Waals surface area (Å²) >= 11 is 2.10. The Balaban J connectivity index is 2.08. The molecule has 0 radical (unpaired) electrons. The highest BCUT2D eigenvalue weighted by Crippen LogP contribution is 2.37. The molecule has 0 N–H and O–H groups in total. The Morgan fingerprint density at radius 3 is 3.11 bits per heavy atom. The summed E-state index contributed by atoms with van der Waals surface area (Å²) in [6, 6.07) is 4.25. The highest BCUT2D eigenvalue weighted by Gasteiger charge is 2.34. The second-order valence-corrected chi connectivity index (χ2v) is 5.74. The molecule has 3 rings (SSSR count). The van der Waals surface area contributed by atoms with Crippen molar-refractivity contribution in [1.82, 2.24) is 9.88 Å². The fourth-order valence-electron chi connectivity index (χ4n) is 2.86. The fraction of sp³-hybridized carbons (Fsp3) is 0.462. The summed E-state index contributed by atoms with van der Waals surface area (Å²) in [5.74, 6) is 0.244. The molecule has 2 aliphatic rings. The molecule has 1 unspecified atom stereocenters. The molecule has 1 fully saturated rings. The lowest BCUT2D eigenvalue weighted by atomic mass is 9.89. The minimum Gasteiger partial charge on any atom is -0.335 e. The second kappa shape index (κ2) is 4.50. The molecule has 0 spiro atoms. The van der Waals surface area contributed by atoms with Crippen molar-refractivity contribution in [3.63, 3.8) is 0 Å². The van der Waals surface area contributed by atoms with Gasteiger partial charge in [-0.3, -0.25) is 4.79 Å². The largest absolute Gasteiger partial charge is 0.335 e. The van der Waals surface area contributed by atoms with Crippen molar-refractivity contribution in [3.05, 3.63) is 26.6 Å². The standard InChI is InChI=1S/C13H12IN3O/c14-13-8(7-15)6-9-10(16-13)4-5-17-11(9)2-1-3-12(17)18/h6,11H,1-5H2. The normalized spacial score (nSPS) is 22.1. The molecule has 0 bridgehead atoms. The van der Waals surface area contributed by atoms with Crippen LogP contribution in [0, 0.1) is 15.0 Å². The smallest absolute Gasteiger partial charge is 0.223 e. The second-order valence-electron chi connectivity index (χ2n) is 4.72. The number of nitriles is 1. The van der Waals surface area contributed by atoms with E-state index in [-0.39, 0.29) is 11.9 Å². The summed E-state index contributed by atoms with van der Waals surface area (Å²) in [7, 11) is 0. The van der Waals surface area contributed by atoms with Crippen molar-refractivity contribution in [3.8, 4) is 6.07 Å². The molecule has 3 heterocycles. The van der Waals surface area contributed by atoms with Gasteiger partial charge < -0.3 is 4.90 Å². The number of hydrogen-bond donors (Lipinski definition) is 0. The van der Waals surface area contributed by atoms with Gasteiger partial charge >= 0.3 is 0 Å². The van der Waals surface area contributed by atoms with Crippen LogP contribution in [0.25, 0.3) is 0 Å². The number of hydrogen-bond acceptors (Lipinski definition) is 3. The van der Waals surface area contributed by atoms with Crippen molar-refractivity contribution in [2.45, 2.75) is 31.7 Å². The Morgan fingerprint density at radius 1 is 1.50 bits per heavy atom. The topological polar surface area (TPSA) is 57.0 Å². The summed E-state index contributed by atoms with van der Waals surface area (Å²) in [6.07, 6.45) is 3.40. The Bertz CT molecular complexity index is 564. The van der Waals surface area contributed by atoms with Gasteiger partial charge in [0.05, 0.1) is 11.6 Å². The molecule has 1 aromatic rings. The third-order valence-corrected chi connectivity index (χ3v) is 4.54. The van der Waals surface area contributed by atoms with Crippen molar-refractivity contribution in [1.29, 1.82) is 5.26 Å². The minimum absolute atomic E-state index is 0.145. The summed E-state index contributed by atoms with van der Waals surface area (Å²) in [4.78, 5) is 18.4. The van der Waals surface area contributed by atoms with Gasteiger partial charge in [-0.15, -0.1) is 0 Å². The van der Waals surface area contributed by atoms with Crippen molar-refractivity contribution in [2.75, 3.05) is 6.54 Å². The van der Waals surface area contributed by atoms with E-state index in [1.165, 1.54) is 0 Å². The van der Waals surface area contributed by atoms with Gasteiger partial charge in [-0.25, -0.2) is 4.98 Å². The van der Waals surface area contributed by atoms with E-state index in [9.17, 15) is 4.79 Å². The third kappa shape index (κ3) is 1.79. The van der Waals surface area contributed by atoms with Crippen molar-refractivity contribution >= 4 is 28.5 Å². The maximum Gasteiger partial charge on any atom is 0.223 e. The van der Waals surface area contributed by atoms with E-state index in [1.807, 2.05) is 11.0 Å². The predicted molar refractivity (Wildman–Crippen MR) is 73.7 cm³/mol. The number of pyridine rings is 1. The first-order chi connectivity index (χ1) is 8.70. The molecule has 1 aromatic heterocycles. The van der Waals surface area contributed by atoms with Crippen molar-refractivity contribution in [2.24, 2.45) is 0 Å². The Labute approximate surface area is 119 Å². The summed E-state index contributed by atoms with van der Waals surface area (Å²) < 4.78 is 0.768. The summed E-state index contributed by atoms with van der Waals surface area (Å²) in [5.41, 5.74) is 2.77. The maximum absolute atomic E-state index is 11.9. The van der Waals surface area contributed by atoms with E-state index in [2.05, 4.69) is 33.6 Å². The average Bonchev–Trinajstić information content (AvgIpc) is 2.38. The number of nitrogens with zero attached hydrogens (tertiary/aromatic N) is 3. The van der Waals surface area contributed by atoms with Crippen LogP contribution in [-0.2, 0) is 11.2 Å². The zero-order valence-electron chi connectivity index (χ0n) is 9.82. The first kappa shape index (κ1) is 11.9. The van der Waals surface area contributed by atoms with Crippen LogP contribution in [0.1, 0.15) is 42.1 Å². The van der Waals surface area contributed by atoms with Crippen molar-refractivity contribution < 1.29 is 4.79 Å². The van der Waals surface area contributed by atoms with E-state index < -0.39 is 0 Å². The molecule has 0 aromatic carbocycles. The molecule has 0 saturated carbocycles. The number of fused-ring (bicyclic) bond motifs is 3. The predicted octanol–water partition coefficient (Wildman–Crippen LogP) is 2.17. The monoisotopic (exact) mass is 353 g/mol. The molecule has 92 valence electrons. The number of piperidine rings is 1. The maximum atomic E-state index is 11.9. The first-order valence-electron chi connectivity index (χ1n) is 6.09. The molecule has 2 aliphatic heterocycles. The van der Waals surface area contributed by atoms with Crippen LogP contribution in [0.3, 0.4) is 0 Å². The van der Waals surface area contributed by atoms with Gasteiger partial charge in [-0.05, 0) is 47.1 Å². The van der Waals surface area contributed by atoms with Crippen LogP contribution < -0.4 is 0 Å². The van der Waals surface area contributed by atoms with Crippen LogP contribution in [-0.4, -0.2) is 22.3 Å². The highest BCUT2D eigenvalue weighted by atomic mass is 127. The lowest BCUT2D eigenvalue weighted by molar-refractivity contribution is -0.137. The molecule has 1 atom stereocenters. The van der Waals surface area contributed by atoms with Crippen LogP contribution in [0.2, 0.25) is 0 Å². The number of carbonyl (C=O) groups excluding carboxylic acids is 1. The number of aromatic nitrogens is 1. The minimum atomic E-state index is 0.145. The lowest BCUT2D eigenvalue weighted by Crippen LogP contribution is -2.43. The average molecular weight is 353 g/mol. The van der Waals surface area contributed by atoms with E-state index in [0.29, 0.717) is 12.0 Å². The Hall–Kier alpha value is -1.16. The number of amides is 1. The van der Waals surface area contributed by atoms with E-state index in [4.69, 9.17) is 5.26 Å². The van der Waals surface area contributed by atoms with Gasteiger partial charge in [0.25, 0.3) is 0 Å². The molecule has 0 aliphatic carbocycles. The van der Waals surface area contributed by atoms with Crippen LogP contribution in [0.4, 0.5) is 0 Å². The summed E-state index contributed by atoms with van der Waals surface area (Å²) in [5, 5.41) is 9.09. The molecular formula is C13H12IN3O. The van der Waals surface area contributed by atoms with Gasteiger partial charge in [0.2, 0.25) is 5.91 Å². The van der Waals surface area contributed by atoms with Gasteiger partial charge in [0, 0.05) is 25.1 Å². The number of carbonyl (C=O) groups is 1. The molecular weight excluding hydrogens is 341 g/mol. The zero-order chi connectivity index (χ0) is 12.7. The van der Waals surface area contributed by atoms with Gasteiger partial charge in [-0.1, -0.05) is 0 Å². The van der Waals surface area contributed by atoms with Crippen LogP contribution >= 0.6 is 22.6 Å². The number of rotatable bonds is 0. The quantitative estimate of drug-likeness (QED) is 0.531. The van der Waals surface area contributed by atoms with Gasteiger partial charge in [0.1, 0.15) is 9.77 Å². The first-order valence-corrected chi connectivity index (χ1v) is 7.17. The van der Waals surface area contributed by atoms with Gasteiger partial charge in [-0.2, -0.15) is 5.26 Å². The lowest BCUT2D eigenvalue weighted by Gasteiger charge is -2.40. The molecule has 18 heavy (non-hydrogen) atoms. The SMILES string of the molecule is N#Cc1cc2c(nc1I)CCN1C(=O)CCCC21. The fourth-order valence-corrected chi connectivity index (χ4v) is 3.43. The van der Waals surface area contributed by atoms with E-state index >= 15 is 0 Å². The van der Waals surface area contributed by atoms with Gasteiger partial charge in [0.15, 0.2) is 0 Å². The molecule has 1 amide bonds. The van der Waals surface area contributed by atoms with E-state index in [0.717, 1.165) is 40.8 Å². The third-order valence-electron chi connectivity index (χ3n) is 3.72. The Kier molecular flexibility index (Phi) is 2.98. The Morgan fingerprint density at radius 2 is 2.33 bits per heavy atom. The zero-order valence-corrected chi connectivity index (χ0v) is 12.0. The molecule has 5 heteroatoms. The summed E-state index contributed by atoms with van der Waals surface area (Å²) in [6.45, 7) is 0.769. The van der Waals surface area contributed by atoms with Crippen LogP contribution in [0.5, 0.6) is 0 Å². The molecule has 1 saturated heterocycles. The molecule has 4 nitrogen and oxygen atoms in total.